The van der Waals surface area contributed by atoms with Gasteiger partial charge in [-0.15, -0.1) is 0 Å². The van der Waals surface area contributed by atoms with E-state index in [1.807, 2.05) is 19.1 Å². The summed E-state index contributed by atoms with van der Waals surface area (Å²) in [6.45, 7) is 1.95. The summed E-state index contributed by atoms with van der Waals surface area (Å²) in [5.74, 6) is -0.113. The number of carbonyl (C=O) groups is 2. The quantitative estimate of drug-likeness (QED) is 0.691. The van der Waals surface area contributed by atoms with Crippen LogP contribution in [0.2, 0.25) is 0 Å². The van der Waals surface area contributed by atoms with Crippen LogP contribution in [0.1, 0.15) is 5.82 Å². The maximum absolute atomic E-state index is 12.5. The summed E-state index contributed by atoms with van der Waals surface area (Å²) >= 11 is 0. The Kier molecular flexibility index (Phi) is 4.22. The lowest BCUT2D eigenvalue weighted by atomic mass is 10.2. The zero-order valence-electron chi connectivity index (χ0n) is 13.4. The number of methoxy groups -OCH3 is 1. The number of anilines is 1. The summed E-state index contributed by atoms with van der Waals surface area (Å²) in [5, 5.41) is 12.1. The van der Waals surface area contributed by atoms with Crippen LogP contribution in [0, 0.1) is 6.92 Å². The number of ether oxygens (including phenoxy) is 1. The third kappa shape index (κ3) is 2.83. The summed E-state index contributed by atoms with van der Waals surface area (Å²) < 4.78 is 4.76. The monoisotopic (exact) mass is 330 g/mol. The predicted octanol–water partition coefficient (Wildman–Crippen LogP) is 0.545. The van der Waals surface area contributed by atoms with Crippen molar-refractivity contribution >= 4 is 28.6 Å². The van der Waals surface area contributed by atoms with Crippen LogP contribution in [0.4, 0.5) is 5.69 Å². The second kappa shape index (κ2) is 6.32. The fourth-order valence-corrected chi connectivity index (χ4v) is 2.71. The standard InChI is InChI=1S/C16H18N4O4/c1-9-17-12-4-3-10(7-13(12)18-9)19-14-11(16(23)24-2)8-20(5-6-21)15(14)22/h3-4,7,19,21H,5-6,8H2,1-2H3,(H,17,18). The van der Waals surface area contributed by atoms with Crippen LogP contribution >= 0.6 is 0 Å². The first-order chi connectivity index (χ1) is 11.5. The molecule has 0 saturated carbocycles. The molecule has 1 aliphatic rings. The Hall–Kier alpha value is -2.87. The molecule has 24 heavy (non-hydrogen) atoms. The minimum absolute atomic E-state index is 0.111. The number of esters is 1. The second-order valence-corrected chi connectivity index (χ2v) is 5.47. The summed E-state index contributed by atoms with van der Waals surface area (Å²) in [4.78, 5) is 33.3. The van der Waals surface area contributed by atoms with Crippen molar-refractivity contribution in [2.24, 2.45) is 0 Å². The second-order valence-electron chi connectivity index (χ2n) is 5.47. The fraction of sp³-hybridized carbons (Fsp3) is 0.312. The van der Waals surface area contributed by atoms with Gasteiger partial charge in [-0.05, 0) is 25.1 Å². The van der Waals surface area contributed by atoms with Gasteiger partial charge in [-0.3, -0.25) is 4.79 Å². The van der Waals surface area contributed by atoms with Gasteiger partial charge in [0.1, 0.15) is 11.5 Å². The van der Waals surface area contributed by atoms with E-state index >= 15 is 0 Å². The molecule has 3 rings (SSSR count). The highest BCUT2D eigenvalue weighted by Gasteiger charge is 2.34. The summed E-state index contributed by atoms with van der Waals surface area (Å²) in [6.07, 6.45) is 0. The number of imidazole rings is 1. The molecule has 1 aliphatic heterocycles. The number of aliphatic hydroxyl groups excluding tert-OH is 1. The van der Waals surface area contributed by atoms with Crippen LogP contribution in [0.3, 0.4) is 0 Å². The molecule has 0 saturated heterocycles. The van der Waals surface area contributed by atoms with Crippen molar-refractivity contribution in [3.63, 3.8) is 0 Å². The van der Waals surface area contributed by atoms with Crippen molar-refractivity contribution in [1.29, 1.82) is 0 Å². The van der Waals surface area contributed by atoms with Gasteiger partial charge in [-0.1, -0.05) is 0 Å². The van der Waals surface area contributed by atoms with Gasteiger partial charge in [0, 0.05) is 12.2 Å². The molecule has 0 unspecified atom stereocenters. The number of carbonyl (C=O) groups excluding carboxylic acids is 2. The van der Waals surface area contributed by atoms with Gasteiger partial charge < -0.3 is 25.0 Å². The molecule has 0 aliphatic carbocycles. The molecular formula is C16H18N4O4. The van der Waals surface area contributed by atoms with Crippen LogP contribution in [-0.2, 0) is 14.3 Å². The number of amides is 1. The minimum atomic E-state index is -0.565. The SMILES string of the molecule is COC(=O)C1=C(Nc2ccc3nc(C)[nH]c3c2)C(=O)N(CCO)C1. The van der Waals surface area contributed by atoms with E-state index in [9.17, 15) is 9.59 Å². The van der Waals surface area contributed by atoms with Gasteiger partial charge in [0.15, 0.2) is 0 Å². The Morgan fingerprint density at radius 1 is 1.50 bits per heavy atom. The molecule has 0 spiro atoms. The molecule has 8 heteroatoms. The molecule has 1 aromatic carbocycles. The third-order valence-corrected chi connectivity index (χ3v) is 3.82. The topological polar surface area (TPSA) is 108 Å². The first kappa shape index (κ1) is 16.0. The van der Waals surface area contributed by atoms with Crippen LogP contribution in [0.5, 0.6) is 0 Å². The van der Waals surface area contributed by atoms with E-state index in [4.69, 9.17) is 9.84 Å². The first-order valence-corrected chi connectivity index (χ1v) is 7.48. The molecule has 3 N–H and O–H groups in total. The van der Waals surface area contributed by atoms with Crippen molar-refractivity contribution in [2.45, 2.75) is 6.92 Å². The zero-order chi connectivity index (χ0) is 17.3. The average Bonchev–Trinajstić information content (AvgIpc) is 3.08. The first-order valence-electron chi connectivity index (χ1n) is 7.48. The smallest absolute Gasteiger partial charge is 0.337 e. The van der Waals surface area contributed by atoms with Gasteiger partial charge in [0.25, 0.3) is 5.91 Å². The minimum Gasteiger partial charge on any atom is -0.466 e. The van der Waals surface area contributed by atoms with Gasteiger partial charge in [-0.2, -0.15) is 0 Å². The largest absolute Gasteiger partial charge is 0.466 e. The fourth-order valence-electron chi connectivity index (χ4n) is 2.71. The molecule has 0 atom stereocenters. The Bertz CT molecular complexity index is 840. The van der Waals surface area contributed by atoms with E-state index in [1.54, 1.807) is 6.07 Å². The molecule has 2 heterocycles. The number of aromatic nitrogens is 2. The number of hydrogen-bond acceptors (Lipinski definition) is 6. The Morgan fingerprint density at radius 3 is 3.00 bits per heavy atom. The van der Waals surface area contributed by atoms with Crippen molar-refractivity contribution in [1.82, 2.24) is 14.9 Å². The number of rotatable bonds is 5. The normalized spacial score (nSPS) is 14.6. The maximum atomic E-state index is 12.5. The highest BCUT2D eigenvalue weighted by Crippen LogP contribution is 2.24. The van der Waals surface area contributed by atoms with Crippen molar-refractivity contribution in [3.8, 4) is 0 Å². The lowest BCUT2D eigenvalue weighted by molar-refractivity contribution is -0.136. The summed E-state index contributed by atoms with van der Waals surface area (Å²) in [6, 6.07) is 5.43. The summed E-state index contributed by atoms with van der Waals surface area (Å²) in [5.41, 5.74) is 2.72. The number of aryl methyl sites for hydroxylation is 1. The van der Waals surface area contributed by atoms with Crippen LogP contribution in [-0.4, -0.2) is 58.7 Å². The van der Waals surface area contributed by atoms with E-state index in [2.05, 4.69) is 15.3 Å². The highest BCUT2D eigenvalue weighted by atomic mass is 16.5. The maximum Gasteiger partial charge on any atom is 0.337 e. The van der Waals surface area contributed by atoms with E-state index in [-0.39, 0.29) is 36.9 Å². The number of β-amino-alcohol motifs (C(OH)–C–C–N with tert-alkyl or cyclic N) is 1. The number of fused-ring (bicyclic) bond motifs is 1. The van der Waals surface area contributed by atoms with Gasteiger partial charge >= 0.3 is 5.97 Å². The van der Waals surface area contributed by atoms with Crippen LogP contribution in [0.15, 0.2) is 29.5 Å². The lowest BCUT2D eigenvalue weighted by Gasteiger charge is -2.15. The number of aromatic amines is 1. The van der Waals surface area contributed by atoms with E-state index < -0.39 is 5.97 Å². The van der Waals surface area contributed by atoms with E-state index in [0.29, 0.717) is 5.69 Å². The average molecular weight is 330 g/mol. The van der Waals surface area contributed by atoms with Crippen LogP contribution < -0.4 is 5.32 Å². The van der Waals surface area contributed by atoms with Gasteiger partial charge in [0.2, 0.25) is 0 Å². The number of hydrogen-bond donors (Lipinski definition) is 3. The molecule has 1 amide bonds. The van der Waals surface area contributed by atoms with Crippen molar-refractivity contribution < 1.29 is 19.4 Å². The van der Waals surface area contributed by atoms with Crippen molar-refractivity contribution in [3.05, 3.63) is 35.3 Å². The molecule has 0 radical (unpaired) electrons. The molecule has 2 aromatic rings. The Balaban J connectivity index is 1.93. The van der Waals surface area contributed by atoms with E-state index in [0.717, 1.165) is 16.9 Å². The molecule has 0 bridgehead atoms. The molecule has 1 aromatic heterocycles. The van der Waals surface area contributed by atoms with E-state index in [1.165, 1.54) is 12.0 Å². The lowest BCUT2D eigenvalue weighted by Crippen LogP contribution is -2.31. The van der Waals surface area contributed by atoms with Crippen molar-refractivity contribution in [2.75, 3.05) is 32.1 Å². The highest BCUT2D eigenvalue weighted by molar-refractivity contribution is 6.08. The number of H-pyrrole nitrogens is 1. The number of benzene rings is 1. The molecule has 0 fully saturated rings. The molecule has 8 nitrogen and oxygen atoms in total. The zero-order valence-corrected chi connectivity index (χ0v) is 13.4. The van der Waals surface area contributed by atoms with Gasteiger partial charge in [0.05, 0.1) is 36.9 Å². The summed E-state index contributed by atoms with van der Waals surface area (Å²) in [7, 11) is 1.27. The third-order valence-electron chi connectivity index (χ3n) is 3.82. The number of nitrogens with one attached hydrogen (secondary N) is 2. The molecule has 126 valence electrons. The number of aliphatic hydroxyl groups is 1. The molecular weight excluding hydrogens is 312 g/mol. The predicted molar refractivity (Wildman–Crippen MR) is 87.2 cm³/mol. The number of nitrogens with zero attached hydrogens (tertiary/aromatic N) is 2. The Labute approximate surface area is 138 Å². The van der Waals surface area contributed by atoms with Crippen LogP contribution in [0.25, 0.3) is 11.0 Å². The Morgan fingerprint density at radius 2 is 2.29 bits per heavy atom. The van der Waals surface area contributed by atoms with Gasteiger partial charge in [-0.25, -0.2) is 9.78 Å².